The quantitative estimate of drug-likeness (QED) is 0.490. The Kier molecular flexibility index (Phi) is 4.32. The van der Waals surface area contributed by atoms with Crippen LogP contribution in [0.5, 0.6) is 11.5 Å². The predicted molar refractivity (Wildman–Crippen MR) is 89.1 cm³/mol. The summed E-state index contributed by atoms with van der Waals surface area (Å²) in [5, 5.41) is 12.5. The maximum atomic E-state index is 12.3. The maximum absolute atomic E-state index is 12.3. The highest BCUT2D eigenvalue weighted by Crippen LogP contribution is 2.31. The molecule has 1 aliphatic rings. The highest BCUT2D eigenvalue weighted by Gasteiger charge is 2.20. The summed E-state index contributed by atoms with van der Waals surface area (Å²) in [5.74, 6) is 0.148. The number of carbonyl (C=O) groups excluding carboxylic acids is 2. The van der Waals surface area contributed by atoms with Gasteiger partial charge in [0.2, 0.25) is 0 Å². The molecule has 2 aromatic heterocycles. The molecular weight excluding hydrogens is 360 g/mol. The van der Waals surface area contributed by atoms with Crippen molar-refractivity contribution in [2.75, 3.05) is 19.8 Å². The second-order valence-electron chi connectivity index (χ2n) is 5.25. The number of hydrogen-bond donors (Lipinski definition) is 0. The van der Waals surface area contributed by atoms with Crippen LogP contribution in [0.3, 0.4) is 0 Å². The number of benzene rings is 1. The molecule has 1 aliphatic heterocycles. The van der Waals surface area contributed by atoms with Crippen molar-refractivity contribution in [3.63, 3.8) is 0 Å². The zero-order chi connectivity index (χ0) is 17.9. The smallest absolute Gasteiger partial charge is 0.351 e. The third-order valence-electron chi connectivity index (χ3n) is 3.62. The van der Waals surface area contributed by atoms with Gasteiger partial charge in [-0.2, -0.15) is 4.68 Å². The number of nitrogens with zero attached hydrogens (tertiary/aromatic N) is 4. The minimum absolute atomic E-state index is 0.312. The highest BCUT2D eigenvalue weighted by atomic mass is 32.1. The van der Waals surface area contributed by atoms with E-state index in [1.165, 1.54) is 22.3 Å². The van der Waals surface area contributed by atoms with Crippen LogP contribution < -0.4 is 9.47 Å². The van der Waals surface area contributed by atoms with E-state index in [0.29, 0.717) is 40.8 Å². The van der Waals surface area contributed by atoms with Crippen molar-refractivity contribution in [2.45, 2.75) is 0 Å². The number of thiophene rings is 1. The van der Waals surface area contributed by atoms with Gasteiger partial charge in [0.1, 0.15) is 24.4 Å². The normalized spacial score (nSPS) is 12.6. The minimum Gasteiger partial charge on any atom is -0.486 e. The Balaban J connectivity index is 1.44. The second kappa shape index (κ2) is 6.92. The summed E-state index contributed by atoms with van der Waals surface area (Å²) in [4.78, 5) is 24.9. The average molecular weight is 372 g/mol. The number of ether oxygens (including phenoxy) is 3. The van der Waals surface area contributed by atoms with Gasteiger partial charge in [0, 0.05) is 5.56 Å². The summed E-state index contributed by atoms with van der Waals surface area (Å²) in [6.07, 6.45) is 1.37. The number of Topliss-reactive ketones (excluding diaryl/α,β-unsaturated/α-hetero) is 1. The molecule has 26 heavy (non-hydrogen) atoms. The van der Waals surface area contributed by atoms with Crippen LogP contribution >= 0.6 is 11.3 Å². The Morgan fingerprint density at radius 3 is 2.85 bits per heavy atom. The molecule has 0 saturated heterocycles. The van der Waals surface area contributed by atoms with Crippen LogP contribution in [0.15, 0.2) is 36.0 Å². The third kappa shape index (κ3) is 3.14. The van der Waals surface area contributed by atoms with Crippen molar-refractivity contribution < 1.29 is 23.8 Å². The number of fused-ring (bicyclic) bond motifs is 1. The molecule has 0 N–H and O–H groups in total. The van der Waals surface area contributed by atoms with Crippen LogP contribution in [0.4, 0.5) is 0 Å². The lowest BCUT2D eigenvalue weighted by molar-refractivity contribution is 0.0479. The van der Waals surface area contributed by atoms with E-state index in [0.717, 1.165) is 0 Å². The topological polar surface area (TPSA) is 105 Å². The van der Waals surface area contributed by atoms with Crippen molar-refractivity contribution in [1.29, 1.82) is 0 Å². The fourth-order valence-electron chi connectivity index (χ4n) is 2.40. The SMILES string of the molecule is O=C(COC(=O)c1sccc1-n1cnnn1)c1ccc2c(c1)OCCO2. The van der Waals surface area contributed by atoms with E-state index in [4.69, 9.17) is 14.2 Å². The number of esters is 1. The maximum Gasteiger partial charge on any atom is 0.351 e. The first-order valence-electron chi connectivity index (χ1n) is 7.63. The van der Waals surface area contributed by atoms with E-state index in [-0.39, 0.29) is 12.4 Å². The molecule has 132 valence electrons. The number of carbonyl (C=O) groups is 2. The number of hydrogen-bond acceptors (Lipinski definition) is 9. The highest BCUT2D eigenvalue weighted by molar-refractivity contribution is 7.12. The van der Waals surface area contributed by atoms with Gasteiger partial charge in [0.25, 0.3) is 0 Å². The van der Waals surface area contributed by atoms with Crippen molar-refractivity contribution in [1.82, 2.24) is 20.2 Å². The molecule has 0 radical (unpaired) electrons. The summed E-state index contributed by atoms with van der Waals surface area (Å²) in [5.41, 5.74) is 0.880. The molecule has 0 aliphatic carbocycles. The molecule has 0 atom stereocenters. The Labute approximate surface area is 151 Å². The fourth-order valence-corrected chi connectivity index (χ4v) is 3.17. The molecule has 10 heteroatoms. The molecule has 0 fully saturated rings. The number of tetrazole rings is 1. The van der Waals surface area contributed by atoms with Gasteiger partial charge in [-0.05, 0) is 40.1 Å². The molecule has 3 heterocycles. The van der Waals surface area contributed by atoms with Gasteiger partial charge in [0.05, 0.1) is 5.69 Å². The van der Waals surface area contributed by atoms with E-state index in [9.17, 15) is 9.59 Å². The van der Waals surface area contributed by atoms with Crippen LogP contribution in [0.2, 0.25) is 0 Å². The zero-order valence-corrected chi connectivity index (χ0v) is 14.1. The molecular formula is C16H12N4O5S. The van der Waals surface area contributed by atoms with Crippen molar-refractivity contribution in [2.24, 2.45) is 0 Å². The van der Waals surface area contributed by atoms with Crippen molar-refractivity contribution in [3.05, 3.63) is 46.4 Å². The first-order chi connectivity index (χ1) is 12.7. The number of aromatic nitrogens is 4. The fraction of sp³-hybridized carbons (Fsp3) is 0.188. The Morgan fingerprint density at radius 1 is 1.19 bits per heavy atom. The molecule has 3 aromatic rings. The Morgan fingerprint density at radius 2 is 2.04 bits per heavy atom. The summed E-state index contributed by atoms with van der Waals surface area (Å²) in [6, 6.07) is 6.56. The van der Waals surface area contributed by atoms with Gasteiger partial charge in [-0.15, -0.1) is 16.4 Å². The first kappa shape index (κ1) is 16.2. The lowest BCUT2D eigenvalue weighted by Gasteiger charge is -2.18. The molecule has 0 unspecified atom stereocenters. The number of rotatable bonds is 5. The van der Waals surface area contributed by atoms with E-state index in [1.54, 1.807) is 29.6 Å². The van der Waals surface area contributed by atoms with Gasteiger partial charge in [-0.25, -0.2) is 4.79 Å². The summed E-state index contributed by atoms with van der Waals surface area (Å²) in [6.45, 7) is 0.520. The summed E-state index contributed by atoms with van der Waals surface area (Å²) < 4.78 is 17.4. The van der Waals surface area contributed by atoms with Crippen LogP contribution in [0.25, 0.3) is 5.69 Å². The van der Waals surface area contributed by atoms with Crippen LogP contribution in [-0.4, -0.2) is 51.8 Å². The van der Waals surface area contributed by atoms with Crippen LogP contribution in [0, 0.1) is 0 Å². The molecule has 0 spiro atoms. The molecule has 1 aromatic carbocycles. The molecule has 9 nitrogen and oxygen atoms in total. The lowest BCUT2D eigenvalue weighted by atomic mass is 10.1. The second-order valence-corrected chi connectivity index (χ2v) is 6.16. The van der Waals surface area contributed by atoms with Crippen molar-refractivity contribution in [3.8, 4) is 17.2 Å². The van der Waals surface area contributed by atoms with E-state index < -0.39 is 5.97 Å². The predicted octanol–water partition coefficient (Wildman–Crippen LogP) is 1.53. The Bertz CT molecular complexity index is 953. The summed E-state index contributed by atoms with van der Waals surface area (Å²) >= 11 is 1.18. The minimum atomic E-state index is -0.614. The molecule has 0 saturated carbocycles. The summed E-state index contributed by atoms with van der Waals surface area (Å²) in [7, 11) is 0. The molecule has 0 amide bonds. The largest absolute Gasteiger partial charge is 0.486 e. The van der Waals surface area contributed by atoms with Crippen LogP contribution in [0.1, 0.15) is 20.0 Å². The Hall–Kier alpha value is -3.27. The molecule has 0 bridgehead atoms. The average Bonchev–Trinajstić information content (AvgIpc) is 3.36. The third-order valence-corrected chi connectivity index (χ3v) is 4.51. The van der Waals surface area contributed by atoms with E-state index in [2.05, 4.69) is 15.5 Å². The molecule has 4 rings (SSSR count). The first-order valence-corrected chi connectivity index (χ1v) is 8.51. The van der Waals surface area contributed by atoms with Gasteiger partial charge in [0.15, 0.2) is 23.9 Å². The number of ketones is 1. The van der Waals surface area contributed by atoms with E-state index >= 15 is 0 Å². The zero-order valence-electron chi connectivity index (χ0n) is 13.3. The van der Waals surface area contributed by atoms with Gasteiger partial charge < -0.3 is 14.2 Å². The van der Waals surface area contributed by atoms with E-state index in [1.807, 2.05) is 0 Å². The van der Waals surface area contributed by atoms with Crippen molar-refractivity contribution >= 4 is 23.1 Å². The monoisotopic (exact) mass is 372 g/mol. The standard InChI is InChI=1S/C16H12N4O5S/c21-12(10-1-2-13-14(7-10)24-5-4-23-13)8-25-16(22)15-11(3-6-26-15)20-9-17-18-19-20/h1-3,6-7,9H,4-5,8H2. The van der Waals surface area contributed by atoms with Gasteiger partial charge in [-0.3, -0.25) is 4.79 Å². The van der Waals surface area contributed by atoms with Gasteiger partial charge >= 0.3 is 5.97 Å². The van der Waals surface area contributed by atoms with Gasteiger partial charge in [-0.1, -0.05) is 0 Å². The lowest BCUT2D eigenvalue weighted by Crippen LogP contribution is -2.17. The van der Waals surface area contributed by atoms with Crippen LogP contribution in [-0.2, 0) is 4.74 Å².